The van der Waals surface area contributed by atoms with Gasteiger partial charge in [-0.25, -0.2) is 4.98 Å². The van der Waals surface area contributed by atoms with Crippen molar-refractivity contribution in [3.8, 4) is 0 Å². The largest absolute Gasteiger partial charge is 0.368 e. The molecule has 2 rings (SSSR count). The average molecular weight is 308 g/mol. The maximum absolute atomic E-state index is 12.0. The number of likely N-dealkylation sites (N-methyl/N-ethyl adjacent to an activating group) is 1. The van der Waals surface area contributed by atoms with Crippen LogP contribution in [0.3, 0.4) is 0 Å². The third kappa shape index (κ3) is 3.00. The summed E-state index contributed by atoms with van der Waals surface area (Å²) >= 11 is 2.81. The number of carbonyl (C=O) groups is 1. The number of primary amides is 1. The van der Waals surface area contributed by atoms with Crippen molar-refractivity contribution in [3.63, 3.8) is 0 Å². The predicted octanol–water partition coefficient (Wildman–Crippen LogP) is 1.54. The number of nitrogens with zero attached hydrogens (tertiary/aromatic N) is 2. The van der Waals surface area contributed by atoms with Crippen LogP contribution >= 0.6 is 23.3 Å². The van der Waals surface area contributed by atoms with Crippen LogP contribution in [0, 0.1) is 6.92 Å². The third-order valence-electron chi connectivity index (χ3n) is 3.04. The minimum atomic E-state index is -0.911. The Kier molecular flexibility index (Phi) is 4.74. The number of aryl methyl sites for hydroxylation is 1. The quantitative estimate of drug-likeness (QED) is 0.791. The van der Waals surface area contributed by atoms with E-state index in [4.69, 9.17) is 5.73 Å². The van der Waals surface area contributed by atoms with E-state index in [9.17, 15) is 4.79 Å². The summed E-state index contributed by atoms with van der Waals surface area (Å²) in [6, 6.07) is 9.49. The number of hydrogen-bond donors (Lipinski definition) is 2. The zero-order chi connectivity index (χ0) is 14.6. The molecule has 1 aromatic heterocycles. The minimum absolute atomic E-state index is 0.403. The topological polar surface area (TPSA) is 80.9 Å². The number of thioether (sulfide) groups is 1. The summed E-state index contributed by atoms with van der Waals surface area (Å²) in [6.45, 7) is 1.84. The molecule has 106 valence electrons. The normalized spacial score (nSPS) is 13.9. The summed E-state index contributed by atoms with van der Waals surface area (Å²) in [7, 11) is 1.74. The van der Waals surface area contributed by atoms with Crippen LogP contribution in [0.1, 0.15) is 11.4 Å². The van der Waals surface area contributed by atoms with Crippen molar-refractivity contribution in [2.45, 2.75) is 16.8 Å². The van der Waals surface area contributed by atoms with Gasteiger partial charge in [-0.1, -0.05) is 42.1 Å². The lowest BCUT2D eigenvalue weighted by Crippen LogP contribution is -2.53. The van der Waals surface area contributed by atoms with Gasteiger partial charge in [0.1, 0.15) is 11.4 Å². The van der Waals surface area contributed by atoms with Gasteiger partial charge in [0.15, 0.2) is 4.34 Å². The molecular weight excluding hydrogens is 292 g/mol. The van der Waals surface area contributed by atoms with Gasteiger partial charge in [0.05, 0.1) is 0 Å². The van der Waals surface area contributed by atoms with E-state index in [-0.39, 0.29) is 0 Å². The Labute approximate surface area is 126 Å². The van der Waals surface area contributed by atoms with Crippen LogP contribution in [-0.4, -0.2) is 28.1 Å². The van der Waals surface area contributed by atoms with Gasteiger partial charge in [-0.2, -0.15) is 4.37 Å². The van der Waals surface area contributed by atoms with Gasteiger partial charge in [-0.15, -0.1) is 0 Å². The van der Waals surface area contributed by atoms with Crippen molar-refractivity contribution in [2.75, 3.05) is 12.8 Å². The van der Waals surface area contributed by atoms with Crippen molar-refractivity contribution in [1.29, 1.82) is 0 Å². The fourth-order valence-electron chi connectivity index (χ4n) is 1.87. The predicted molar refractivity (Wildman–Crippen MR) is 81.7 cm³/mol. The Morgan fingerprint density at radius 2 is 2.15 bits per heavy atom. The Morgan fingerprint density at radius 1 is 1.45 bits per heavy atom. The molecule has 1 unspecified atom stereocenters. The van der Waals surface area contributed by atoms with Gasteiger partial charge < -0.3 is 11.1 Å². The molecule has 0 spiro atoms. The molecule has 0 aliphatic carbocycles. The second kappa shape index (κ2) is 6.34. The number of amides is 1. The Balaban J connectivity index is 2.26. The second-order valence-electron chi connectivity index (χ2n) is 4.28. The molecule has 0 fully saturated rings. The minimum Gasteiger partial charge on any atom is -0.368 e. The van der Waals surface area contributed by atoms with Crippen molar-refractivity contribution in [3.05, 3.63) is 41.7 Å². The standard InChI is InChI=1S/C13H16N4OS2/c1-9-16-12(20-17-9)19-8-13(15-2,11(14)18)10-6-4-3-5-7-10/h3-7,15H,8H2,1-2H3,(H2,14,18). The molecule has 7 heteroatoms. The third-order valence-corrected chi connectivity index (χ3v) is 5.13. The maximum atomic E-state index is 12.0. The summed E-state index contributed by atoms with van der Waals surface area (Å²) in [5.74, 6) is 0.809. The molecule has 0 saturated carbocycles. The molecule has 1 aromatic carbocycles. The van der Waals surface area contributed by atoms with E-state index < -0.39 is 11.4 Å². The zero-order valence-electron chi connectivity index (χ0n) is 11.3. The number of carbonyl (C=O) groups excluding carboxylic acids is 1. The van der Waals surface area contributed by atoms with E-state index in [0.717, 1.165) is 15.7 Å². The highest BCUT2D eigenvalue weighted by atomic mass is 32.2. The van der Waals surface area contributed by atoms with E-state index in [1.54, 1.807) is 7.05 Å². The smallest absolute Gasteiger partial charge is 0.243 e. The van der Waals surface area contributed by atoms with Gasteiger partial charge in [-0.3, -0.25) is 4.79 Å². The lowest BCUT2D eigenvalue weighted by atomic mass is 9.91. The zero-order valence-corrected chi connectivity index (χ0v) is 12.9. The summed E-state index contributed by atoms with van der Waals surface area (Å²) < 4.78 is 4.97. The Bertz CT molecular complexity index is 587. The number of hydrogen-bond acceptors (Lipinski definition) is 6. The number of nitrogens with one attached hydrogen (secondary N) is 1. The summed E-state index contributed by atoms with van der Waals surface area (Å²) in [4.78, 5) is 16.3. The van der Waals surface area contributed by atoms with Crippen LogP contribution in [-0.2, 0) is 10.3 Å². The van der Waals surface area contributed by atoms with Gasteiger partial charge in [0.2, 0.25) is 5.91 Å². The molecule has 5 nitrogen and oxygen atoms in total. The van der Waals surface area contributed by atoms with Crippen LogP contribution < -0.4 is 11.1 Å². The fraction of sp³-hybridized carbons (Fsp3) is 0.308. The summed E-state index contributed by atoms with van der Waals surface area (Å²) in [5, 5.41) is 3.07. The summed E-state index contributed by atoms with van der Waals surface area (Å²) in [5.41, 5.74) is 5.58. The first-order valence-electron chi connectivity index (χ1n) is 6.06. The number of nitrogens with two attached hydrogens (primary N) is 1. The first-order chi connectivity index (χ1) is 9.58. The lowest BCUT2D eigenvalue weighted by molar-refractivity contribution is -0.123. The molecule has 0 bridgehead atoms. The van der Waals surface area contributed by atoms with E-state index in [0.29, 0.717) is 5.75 Å². The van der Waals surface area contributed by atoms with Crippen LogP contribution in [0.25, 0.3) is 0 Å². The van der Waals surface area contributed by atoms with Crippen molar-refractivity contribution in [1.82, 2.24) is 14.7 Å². The molecule has 2 aromatic rings. The SMILES string of the molecule is CNC(CSc1nc(C)ns1)(C(N)=O)c1ccccc1. The number of rotatable bonds is 6. The van der Waals surface area contributed by atoms with Crippen LogP contribution in [0.4, 0.5) is 0 Å². The maximum Gasteiger partial charge on any atom is 0.243 e. The first kappa shape index (κ1) is 15.0. The molecular formula is C13H16N4OS2. The van der Waals surface area contributed by atoms with Crippen LogP contribution in [0.5, 0.6) is 0 Å². The molecule has 0 radical (unpaired) electrons. The molecule has 1 atom stereocenters. The van der Waals surface area contributed by atoms with Crippen molar-refractivity contribution in [2.24, 2.45) is 5.73 Å². The molecule has 1 amide bonds. The molecule has 20 heavy (non-hydrogen) atoms. The van der Waals surface area contributed by atoms with E-state index in [1.807, 2.05) is 37.3 Å². The molecule has 0 aliphatic rings. The monoisotopic (exact) mass is 308 g/mol. The lowest BCUT2D eigenvalue weighted by Gasteiger charge is -2.30. The van der Waals surface area contributed by atoms with Crippen molar-refractivity contribution < 1.29 is 4.79 Å². The molecule has 0 aliphatic heterocycles. The van der Waals surface area contributed by atoms with Gasteiger partial charge in [0, 0.05) is 5.75 Å². The Morgan fingerprint density at radius 3 is 2.65 bits per heavy atom. The fourth-order valence-corrected chi connectivity index (χ4v) is 3.78. The first-order valence-corrected chi connectivity index (χ1v) is 7.82. The molecule has 1 heterocycles. The van der Waals surface area contributed by atoms with E-state index in [1.165, 1.54) is 23.3 Å². The molecule has 3 N–H and O–H groups in total. The highest BCUT2D eigenvalue weighted by Gasteiger charge is 2.37. The highest BCUT2D eigenvalue weighted by molar-refractivity contribution is 8.01. The molecule has 0 saturated heterocycles. The van der Waals surface area contributed by atoms with E-state index in [2.05, 4.69) is 14.7 Å². The van der Waals surface area contributed by atoms with Gasteiger partial charge >= 0.3 is 0 Å². The van der Waals surface area contributed by atoms with Crippen LogP contribution in [0.15, 0.2) is 34.7 Å². The number of benzene rings is 1. The van der Waals surface area contributed by atoms with Gasteiger partial charge in [-0.05, 0) is 31.1 Å². The second-order valence-corrected chi connectivity index (χ2v) is 6.26. The number of aromatic nitrogens is 2. The van der Waals surface area contributed by atoms with Gasteiger partial charge in [0.25, 0.3) is 0 Å². The van der Waals surface area contributed by atoms with Crippen LogP contribution in [0.2, 0.25) is 0 Å². The average Bonchev–Trinajstić information content (AvgIpc) is 2.87. The summed E-state index contributed by atoms with van der Waals surface area (Å²) in [6.07, 6.45) is 0. The Hall–Kier alpha value is -1.44. The van der Waals surface area contributed by atoms with E-state index >= 15 is 0 Å². The highest BCUT2D eigenvalue weighted by Crippen LogP contribution is 2.30. The van der Waals surface area contributed by atoms with Crippen molar-refractivity contribution >= 4 is 29.2 Å².